The maximum atomic E-state index is 13.1. The van der Waals surface area contributed by atoms with Crippen molar-refractivity contribution >= 4 is 5.91 Å². The number of carbonyl (C=O) groups is 1. The van der Waals surface area contributed by atoms with Gasteiger partial charge in [-0.2, -0.15) is 23.4 Å². The summed E-state index contributed by atoms with van der Waals surface area (Å²) in [6.07, 6.45) is -4.46. The highest BCUT2D eigenvalue weighted by Gasteiger charge is 2.31. The first-order chi connectivity index (χ1) is 18.3. The van der Waals surface area contributed by atoms with E-state index in [0.29, 0.717) is 49.4 Å². The second-order valence-corrected chi connectivity index (χ2v) is 8.96. The summed E-state index contributed by atoms with van der Waals surface area (Å²) in [6.45, 7) is 3.24. The zero-order chi connectivity index (χ0) is 26.7. The summed E-state index contributed by atoms with van der Waals surface area (Å²) in [5.74, 6) is 0.251. The minimum atomic E-state index is -4.46. The van der Waals surface area contributed by atoms with Crippen molar-refractivity contribution in [2.75, 3.05) is 26.2 Å². The molecule has 0 unspecified atom stereocenters. The van der Waals surface area contributed by atoms with Crippen LogP contribution in [-0.2, 0) is 12.7 Å². The van der Waals surface area contributed by atoms with Gasteiger partial charge in [-0.1, -0.05) is 29.4 Å². The van der Waals surface area contributed by atoms with Crippen LogP contribution in [0.4, 0.5) is 13.2 Å². The maximum absolute atomic E-state index is 13.1. The first-order valence-electron chi connectivity index (χ1n) is 11.9. The van der Waals surface area contributed by atoms with Crippen LogP contribution in [0.25, 0.3) is 22.8 Å². The van der Waals surface area contributed by atoms with Crippen molar-refractivity contribution in [3.05, 3.63) is 95.1 Å². The Morgan fingerprint density at radius 2 is 1.66 bits per heavy atom. The summed E-state index contributed by atoms with van der Waals surface area (Å²) in [4.78, 5) is 21.1. The second kappa shape index (κ2) is 10.5. The van der Waals surface area contributed by atoms with E-state index >= 15 is 0 Å². The Balaban J connectivity index is 1.22. The number of halogens is 3. The number of benzene rings is 3. The largest absolute Gasteiger partial charge is 0.416 e. The van der Waals surface area contributed by atoms with Gasteiger partial charge in [-0.25, -0.2) is 0 Å². The number of aromatic nitrogens is 2. The molecule has 0 bridgehead atoms. The molecule has 0 atom stereocenters. The predicted octanol–water partition coefficient (Wildman–Crippen LogP) is 5.25. The average molecular weight is 518 g/mol. The van der Waals surface area contributed by atoms with Crippen molar-refractivity contribution in [2.45, 2.75) is 12.7 Å². The molecule has 1 aliphatic rings. The first kappa shape index (κ1) is 25.2. The number of rotatable bonds is 5. The molecule has 0 saturated carbocycles. The van der Waals surface area contributed by atoms with E-state index in [1.54, 1.807) is 24.3 Å². The zero-order valence-corrected chi connectivity index (χ0v) is 20.2. The Morgan fingerprint density at radius 1 is 0.947 bits per heavy atom. The Hall–Kier alpha value is -4.49. The number of amides is 1. The van der Waals surface area contributed by atoms with Crippen LogP contribution in [0, 0.1) is 11.3 Å². The molecule has 1 fully saturated rings. The molecule has 192 valence electrons. The normalized spacial score (nSPS) is 14.3. The molecule has 5 rings (SSSR count). The van der Waals surface area contributed by atoms with E-state index in [0.717, 1.165) is 17.7 Å². The number of hydrogen-bond donors (Lipinski definition) is 0. The lowest BCUT2D eigenvalue weighted by molar-refractivity contribution is -0.137. The van der Waals surface area contributed by atoms with E-state index in [9.17, 15) is 18.0 Å². The summed E-state index contributed by atoms with van der Waals surface area (Å²) in [5, 5.41) is 12.9. The van der Waals surface area contributed by atoms with Crippen molar-refractivity contribution in [3.63, 3.8) is 0 Å². The summed E-state index contributed by atoms with van der Waals surface area (Å²) in [5.41, 5.74) is 2.20. The zero-order valence-electron chi connectivity index (χ0n) is 20.2. The first-order valence-corrected chi connectivity index (χ1v) is 11.9. The molecule has 0 spiro atoms. The van der Waals surface area contributed by atoms with E-state index in [1.807, 2.05) is 35.2 Å². The number of carbonyl (C=O) groups excluding carboxylic acids is 1. The molecule has 1 aliphatic heterocycles. The highest BCUT2D eigenvalue weighted by molar-refractivity contribution is 5.94. The fourth-order valence-electron chi connectivity index (χ4n) is 4.33. The standard InChI is InChI=1S/C28H22F3N5O2/c29-28(30,31)24-6-2-5-23(16-24)26-33-25(34-38-26)22-4-1-3-20(15-22)18-35-11-13-36(14-12-35)27(37)21-9-7-19(17-32)8-10-21/h1-10,15-16H,11-14,18H2. The quantitative estimate of drug-likeness (QED) is 0.359. The molecule has 4 aromatic rings. The van der Waals surface area contributed by atoms with Crippen molar-refractivity contribution in [1.29, 1.82) is 5.26 Å². The Morgan fingerprint density at radius 3 is 2.37 bits per heavy atom. The highest BCUT2D eigenvalue weighted by atomic mass is 19.4. The molecular formula is C28H22F3N5O2. The van der Waals surface area contributed by atoms with Gasteiger partial charge in [0, 0.05) is 49.4 Å². The topological polar surface area (TPSA) is 86.3 Å². The molecule has 10 heteroatoms. The summed E-state index contributed by atoms with van der Waals surface area (Å²) in [7, 11) is 0. The van der Waals surface area contributed by atoms with Gasteiger partial charge in [0.15, 0.2) is 0 Å². The minimum Gasteiger partial charge on any atom is -0.336 e. The summed E-state index contributed by atoms with van der Waals surface area (Å²) in [6, 6.07) is 21.1. The van der Waals surface area contributed by atoms with Gasteiger partial charge >= 0.3 is 6.18 Å². The van der Waals surface area contributed by atoms with Gasteiger partial charge in [-0.15, -0.1) is 0 Å². The van der Waals surface area contributed by atoms with Crippen molar-refractivity contribution in [1.82, 2.24) is 19.9 Å². The monoisotopic (exact) mass is 517 g/mol. The molecule has 1 aromatic heterocycles. The lowest BCUT2D eigenvalue weighted by Gasteiger charge is -2.34. The van der Waals surface area contributed by atoms with Crippen LogP contribution in [0.5, 0.6) is 0 Å². The van der Waals surface area contributed by atoms with Gasteiger partial charge in [-0.3, -0.25) is 9.69 Å². The van der Waals surface area contributed by atoms with Gasteiger partial charge < -0.3 is 9.42 Å². The molecule has 0 N–H and O–H groups in total. The smallest absolute Gasteiger partial charge is 0.336 e. The lowest BCUT2D eigenvalue weighted by atomic mass is 10.1. The fourth-order valence-corrected chi connectivity index (χ4v) is 4.33. The molecule has 3 aromatic carbocycles. The average Bonchev–Trinajstić information content (AvgIpc) is 3.44. The minimum absolute atomic E-state index is 0.0135. The number of hydrogen-bond acceptors (Lipinski definition) is 6. The predicted molar refractivity (Wildman–Crippen MR) is 133 cm³/mol. The highest BCUT2D eigenvalue weighted by Crippen LogP contribution is 2.32. The number of nitrogens with zero attached hydrogens (tertiary/aromatic N) is 5. The van der Waals surface area contributed by atoms with Gasteiger partial charge in [0.25, 0.3) is 11.8 Å². The fraction of sp³-hybridized carbons (Fsp3) is 0.214. The van der Waals surface area contributed by atoms with E-state index in [4.69, 9.17) is 9.78 Å². The Labute approximate surface area is 216 Å². The lowest BCUT2D eigenvalue weighted by Crippen LogP contribution is -2.48. The summed E-state index contributed by atoms with van der Waals surface area (Å²) < 4.78 is 44.4. The third-order valence-electron chi connectivity index (χ3n) is 6.37. The van der Waals surface area contributed by atoms with E-state index < -0.39 is 11.7 Å². The van der Waals surface area contributed by atoms with Crippen molar-refractivity contribution in [2.24, 2.45) is 0 Å². The van der Waals surface area contributed by atoms with Crippen LogP contribution in [0.1, 0.15) is 27.0 Å². The van der Waals surface area contributed by atoms with Crippen LogP contribution in [0.15, 0.2) is 77.3 Å². The molecule has 0 radical (unpaired) electrons. The third kappa shape index (κ3) is 5.58. The number of alkyl halides is 3. The van der Waals surface area contributed by atoms with E-state index in [2.05, 4.69) is 15.0 Å². The van der Waals surface area contributed by atoms with Crippen LogP contribution in [-0.4, -0.2) is 52.0 Å². The van der Waals surface area contributed by atoms with Crippen LogP contribution in [0.3, 0.4) is 0 Å². The van der Waals surface area contributed by atoms with Crippen molar-refractivity contribution < 1.29 is 22.5 Å². The number of piperazine rings is 1. The van der Waals surface area contributed by atoms with Gasteiger partial charge in [-0.05, 0) is 54.1 Å². The molecule has 1 amide bonds. The van der Waals surface area contributed by atoms with Gasteiger partial charge in [0.1, 0.15) is 0 Å². The van der Waals surface area contributed by atoms with Crippen LogP contribution in [0.2, 0.25) is 0 Å². The summed E-state index contributed by atoms with van der Waals surface area (Å²) >= 11 is 0. The molecule has 38 heavy (non-hydrogen) atoms. The van der Waals surface area contributed by atoms with Gasteiger partial charge in [0.2, 0.25) is 5.82 Å². The molecular weight excluding hydrogens is 495 g/mol. The number of nitriles is 1. The second-order valence-electron chi connectivity index (χ2n) is 8.96. The van der Waals surface area contributed by atoms with Crippen LogP contribution >= 0.6 is 0 Å². The molecule has 0 aliphatic carbocycles. The molecule has 7 nitrogen and oxygen atoms in total. The molecule has 2 heterocycles. The SMILES string of the molecule is N#Cc1ccc(C(=O)N2CCN(Cc3cccc(-c4noc(-c5cccc(C(F)(F)F)c5)n4)c3)CC2)cc1. The van der Waals surface area contributed by atoms with E-state index in [1.165, 1.54) is 12.1 Å². The maximum Gasteiger partial charge on any atom is 0.416 e. The Bertz CT molecular complexity index is 1480. The molecule has 1 saturated heterocycles. The van der Waals surface area contributed by atoms with Gasteiger partial charge in [0.05, 0.1) is 17.2 Å². The third-order valence-corrected chi connectivity index (χ3v) is 6.37. The van der Waals surface area contributed by atoms with Crippen molar-refractivity contribution in [3.8, 4) is 28.9 Å². The van der Waals surface area contributed by atoms with Crippen LogP contribution < -0.4 is 0 Å². The van der Waals surface area contributed by atoms with E-state index in [-0.39, 0.29) is 23.2 Å². The Kier molecular flexibility index (Phi) is 6.94.